The molecular formula is C15H21ClN2O2. The molecule has 0 atom stereocenters. The molecule has 0 aliphatic heterocycles. The summed E-state index contributed by atoms with van der Waals surface area (Å²) in [5.41, 5.74) is 3.49. The van der Waals surface area contributed by atoms with Gasteiger partial charge in [-0.3, -0.25) is 4.79 Å². The first-order valence-corrected chi connectivity index (χ1v) is 7.02. The van der Waals surface area contributed by atoms with Gasteiger partial charge in [-0.2, -0.15) is 5.10 Å². The molecule has 0 aliphatic carbocycles. The zero-order valence-corrected chi connectivity index (χ0v) is 13.1. The van der Waals surface area contributed by atoms with Crippen LogP contribution in [-0.2, 0) is 4.79 Å². The summed E-state index contributed by atoms with van der Waals surface area (Å²) in [4.78, 5) is 11.7. The summed E-state index contributed by atoms with van der Waals surface area (Å²) in [5, 5.41) is 4.79. The normalized spacial score (nSPS) is 10.6. The fourth-order valence-electron chi connectivity index (χ4n) is 1.76. The quantitative estimate of drug-likeness (QED) is 0.645. The summed E-state index contributed by atoms with van der Waals surface area (Å²) >= 11 is 5.77. The molecule has 0 unspecified atom stereocenters. The van der Waals surface area contributed by atoms with E-state index >= 15 is 0 Å². The molecular weight excluding hydrogens is 276 g/mol. The number of benzene rings is 1. The van der Waals surface area contributed by atoms with Gasteiger partial charge in [0.2, 0.25) is 0 Å². The molecule has 0 saturated heterocycles. The summed E-state index contributed by atoms with van der Waals surface area (Å²) < 4.78 is 5.34. The molecule has 0 aliphatic rings. The highest BCUT2D eigenvalue weighted by atomic mass is 35.5. The third-order valence-electron chi connectivity index (χ3n) is 2.68. The van der Waals surface area contributed by atoms with Crippen molar-refractivity contribution >= 4 is 23.2 Å². The van der Waals surface area contributed by atoms with E-state index in [1.165, 1.54) is 0 Å². The fourth-order valence-corrected chi connectivity index (χ4v) is 1.89. The van der Waals surface area contributed by atoms with Crippen LogP contribution < -0.4 is 10.2 Å². The number of hydrogen-bond acceptors (Lipinski definition) is 3. The third-order valence-corrected chi connectivity index (χ3v) is 2.93. The van der Waals surface area contributed by atoms with Gasteiger partial charge in [0.1, 0.15) is 5.75 Å². The van der Waals surface area contributed by atoms with E-state index in [1.807, 2.05) is 0 Å². The number of nitrogens with one attached hydrogen (secondary N) is 1. The molecule has 1 rings (SSSR count). The minimum Gasteiger partial charge on any atom is -0.484 e. The van der Waals surface area contributed by atoms with E-state index in [0.29, 0.717) is 22.6 Å². The lowest BCUT2D eigenvalue weighted by Crippen LogP contribution is -2.28. The zero-order chi connectivity index (χ0) is 15.1. The van der Waals surface area contributed by atoms with Gasteiger partial charge in [-0.1, -0.05) is 39.3 Å². The molecule has 0 radical (unpaired) electrons. The van der Waals surface area contributed by atoms with Gasteiger partial charge in [0.05, 0.1) is 0 Å². The van der Waals surface area contributed by atoms with Crippen LogP contribution in [0.1, 0.15) is 27.7 Å². The topological polar surface area (TPSA) is 50.7 Å². The average molecular weight is 297 g/mol. The molecule has 1 N–H and O–H groups in total. The molecule has 4 nitrogen and oxygen atoms in total. The highest BCUT2D eigenvalue weighted by Crippen LogP contribution is 2.15. The van der Waals surface area contributed by atoms with Crippen LogP contribution in [0.25, 0.3) is 0 Å². The molecule has 1 aromatic rings. The van der Waals surface area contributed by atoms with Crippen molar-refractivity contribution in [2.45, 2.75) is 27.7 Å². The predicted octanol–water partition coefficient (Wildman–Crippen LogP) is 3.50. The maximum absolute atomic E-state index is 11.7. The smallest absolute Gasteiger partial charge is 0.277 e. The Morgan fingerprint density at radius 2 is 1.75 bits per heavy atom. The van der Waals surface area contributed by atoms with Gasteiger partial charge in [0.15, 0.2) is 6.61 Å². The number of halogens is 1. The first kappa shape index (κ1) is 16.5. The first-order chi connectivity index (χ1) is 9.40. The zero-order valence-electron chi connectivity index (χ0n) is 12.3. The van der Waals surface area contributed by atoms with Crippen molar-refractivity contribution in [1.29, 1.82) is 0 Å². The molecule has 0 spiro atoms. The van der Waals surface area contributed by atoms with E-state index in [4.69, 9.17) is 16.3 Å². The Balaban J connectivity index is 2.47. The van der Waals surface area contributed by atoms with Crippen LogP contribution >= 0.6 is 11.6 Å². The Bertz CT molecular complexity index is 457. The van der Waals surface area contributed by atoms with Crippen molar-refractivity contribution in [3.05, 3.63) is 29.3 Å². The molecule has 0 heterocycles. The van der Waals surface area contributed by atoms with Crippen molar-refractivity contribution in [2.75, 3.05) is 6.61 Å². The number of rotatable bonds is 6. The monoisotopic (exact) mass is 296 g/mol. The van der Waals surface area contributed by atoms with Crippen LogP contribution in [0.4, 0.5) is 0 Å². The van der Waals surface area contributed by atoms with Crippen LogP contribution in [-0.4, -0.2) is 18.2 Å². The molecule has 0 saturated carbocycles. The third kappa shape index (κ3) is 5.61. The number of hydrazone groups is 1. The Morgan fingerprint density at radius 1 is 1.20 bits per heavy atom. The number of ether oxygens (including phenoxy) is 1. The molecule has 0 bridgehead atoms. The lowest BCUT2D eigenvalue weighted by Gasteiger charge is -2.13. The Morgan fingerprint density at radius 3 is 2.25 bits per heavy atom. The summed E-state index contributed by atoms with van der Waals surface area (Å²) in [7, 11) is 0. The highest BCUT2D eigenvalue weighted by molar-refractivity contribution is 6.30. The van der Waals surface area contributed by atoms with Crippen molar-refractivity contribution in [3.63, 3.8) is 0 Å². The maximum atomic E-state index is 11.7. The van der Waals surface area contributed by atoms with E-state index < -0.39 is 0 Å². The lowest BCUT2D eigenvalue weighted by atomic mass is 9.98. The van der Waals surface area contributed by atoms with Crippen molar-refractivity contribution < 1.29 is 9.53 Å². The number of hydrogen-bond donors (Lipinski definition) is 1. The van der Waals surface area contributed by atoms with Crippen molar-refractivity contribution in [2.24, 2.45) is 16.9 Å². The molecule has 20 heavy (non-hydrogen) atoms. The standard InChI is InChI=1S/C15H21ClN2O2/c1-10(2)15(11(3)4)18-17-14(19)9-20-13-7-5-12(16)6-8-13/h5-8,10-11H,9H2,1-4H3,(H,17,19). The summed E-state index contributed by atoms with van der Waals surface area (Å²) in [6.07, 6.45) is 0. The number of carbonyl (C=O) groups is 1. The Labute approximate surface area is 125 Å². The van der Waals surface area contributed by atoms with Crippen LogP contribution in [0, 0.1) is 11.8 Å². The maximum Gasteiger partial charge on any atom is 0.277 e. The lowest BCUT2D eigenvalue weighted by molar-refractivity contribution is -0.123. The second-order valence-corrected chi connectivity index (χ2v) is 5.56. The molecule has 0 aromatic heterocycles. The molecule has 5 heteroatoms. The minimum atomic E-state index is -0.279. The van der Waals surface area contributed by atoms with Crippen molar-refractivity contribution in [1.82, 2.24) is 5.43 Å². The fraction of sp³-hybridized carbons (Fsp3) is 0.467. The number of amides is 1. The Hall–Kier alpha value is -1.55. The summed E-state index contributed by atoms with van der Waals surface area (Å²) in [5.74, 6) is 0.917. The molecule has 0 fully saturated rings. The van der Waals surface area contributed by atoms with E-state index in [-0.39, 0.29) is 12.5 Å². The van der Waals surface area contributed by atoms with Gasteiger partial charge in [-0.25, -0.2) is 5.43 Å². The highest BCUT2D eigenvalue weighted by Gasteiger charge is 2.11. The van der Waals surface area contributed by atoms with E-state index in [2.05, 4.69) is 38.2 Å². The van der Waals surface area contributed by atoms with Crippen LogP contribution in [0.3, 0.4) is 0 Å². The number of carbonyl (C=O) groups excluding carboxylic acids is 1. The summed E-state index contributed by atoms with van der Waals surface area (Å²) in [6.45, 7) is 8.13. The second kappa shape index (κ2) is 7.90. The summed E-state index contributed by atoms with van der Waals surface area (Å²) in [6, 6.07) is 6.85. The second-order valence-electron chi connectivity index (χ2n) is 5.12. The average Bonchev–Trinajstić information content (AvgIpc) is 2.37. The molecule has 110 valence electrons. The molecule has 1 aromatic carbocycles. The van der Waals surface area contributed by atoms with E-state index in [0.717, 1.165) is 5.71 Å². The van der Waals surface area contributed by atoms with Crippen molar-refractivity contribution in [3.8, 4) is 5.75 Å². The van der Waals surface area contributed by atoms with Crippen LogP contribution in [0.5, 0.6) is 5.75 Å². The van der Waals surface area contributed by atoms with Gasteiger partial charge < -0.3 is 4.74 Å². The van der Waals surface area contributed by atoms with Gasteiger partial charge in [0, 0.05) is 10.7 Å². The van der Waals surface area contributed by atoms with Gasteiger partial charge in [-0.05, 0) is 36.1 Å². The van der Waals surface area contributed by atoms with Gasteiger partial charge >= 0.3 is 0 Å². The van der Waals surface area contributed by atoms with Gasteiger partial charge in [0.25, 0.3) is 5.91 Å². The Kier molecular flexibility index (Phi) is 6.52. The largest absolute Gasteiger partial charge is 0.484 e. The van der Waals surface area contributed by atoms with Crippen LogP contribution in [0.2, 0.25) is 5.02 Å². The predicted molar refractivity (Wildman–Crippen MR) is 82.2 cm³/mol. The number of nitrogens with zero attached hydrogens (tertiary/aromatic N) is 1. The minimum absolute atomic E-state index is 0.0748. The molecule has 1 amide bonds. The van der Waals surface area contributed by atoms with E-state index in [9.17, 15) is 4.79 Å². The van der Waals surface area contributed by atoms with Crippen LogP contribution in [0.15, 0.2) is 29.4 Å². The van der Waals surface area contributed by atoms with Gasteiger partial charge in [-0.15, -0.1) is 0 Å². The van der Waals surface area contributed by atoms with E-state index in [1.54, 1.807) is 24.3 Å². The first-order valence-electron chi connectivity index (χ1n) is 6.64. The SMILES string of the molecule is CC(C)C(=NNC(=O)COc1ccc(Cl)cc1)C(C)C.